The average molecular weight is 158 g/mol. The highest BCUT2D eigenvalue weighted by Crippen LogP contribution is 2.16. The summed E-state index contributed by atoms with van der Waals surface area (Å²) in [4.78, 5) is 2.32. The van der Waals surface area contributed by atoms with Gasteiger partial charge in [0.2, 0.25) is 0 Å². The summed E-state index contributed by atoms with van der Waals surface area (Å²) in [7, 11) is 2.14. The molecule has 1 saturated heterocycles. The smallest absolute Gasteiger partial charge is 0.0706 e. The van der Waals surface area contributed by atoms with Gasteiger partial charge in [-0.1, -0.05) is 0 Å². The van der Waals surface area contributed by atoms with Crippen LogP contribution in [0.1, 0.15) is 12.8 Å². The number of likely N-dealkylation sites (tertiary alicyclic amines) is 1. The highest BCUT2D eigenvalue weighted by atomic mass is 15.3. The van der Waals surface area contributed by atoms with Crippen LogP contribution in [-0.4, -0.2) is 31.2 Å². The molecular weight excluding hydrogens is 140 g/mol. The largest absolute Gasteiger partial charge is 0.315 e. The van der Waals surface area contributed by atoms with Crippen LogP contribution in [0.5, 0.6) is 0 Å². The maximum atomic E-state index is 5.74. The Hall–Kier alpha value is -0.160. The zero-order chi connectivity index (χ0) is 8.27. The molecule has 0 aromatic rings. The van der Waals surface area contributed by atoms with E-state index >= 15 is 0 Å². The van der Waals surface area contributed by atoms with Crippen LogP contribution in [0, 0.1) is 5.92 Å². The van der Waals surface area contributed by atoms with Crippen LogP contribution in [0.2, 0.25) is 0 Å². The van der Waals surface area contributed by atoms with Crippen molar-refractivity contribution in [2.45, 2.75) is 19.0 Å². The molecule has 1 aliphatic rings. The lowest BCUT2D eigenvalue weighted by Crippen LogP contribution is -2.50. The number of hydrogen-bond acceptors (Lipinski definition) is 4. The maximum absolute atomic E-state index is 5.74. The van der Waals surface area contributed by atoms with Crippen LogP contribution >= 0.6 is 0 Å². The highest BCUT2D eigenvalue weighted by molar-refractivity contribution is 4.75. The molecule has 1 aliphatic heterocycles. The third kappa shape index (κ3) is 2.41. The van der Waals surface area contributed by atoms with Gasteiger partial charge in [-0.3, -0.25) is 5.84 Å². The zero-order valence-corrected chi connectivity index (χ0v) is 7.09. The molecule has 5 N–H and O–H groups in total. The minimum absolute atomic E-state index is 0.0244. The minimum atomic E-state index is -0.0244. The first-order valence-corrected chi connectivity index (χ1v) is 4.14. The number of nitrogens with zero attached hydrogens (tertiary/aromatic N) is 1. The molecule has 1 fully saturated rings. The molecule has 1 heterocycles. The summed E-state index contributed by atoms with van der Waals surface area (Å²) >= 11 is 0. The quantitative estimate of drug-likeness (QED) is 0.276. The molecule has 4 nitrogen and oxygen atoms in total. The predicted octanol–water partition coefficient (Wildman–Crippen LogP) is -0.924. The summed E-state index contributed by atoms with van der Waals surface area (Å²) in [6.07, 6.45) is 2.28. The molecule has 0 spiro atoms. The molecule has 0 amide bonds. The Morgan fingerprint density at radius 3 is 2.45 bits per heavy atom. The number of rotatable bonds is 2. The fraction of sp³-hybridized carbons (Fsp3) is 1.00. The molecule has 0 saturated carbocycles. The Morgan fingerprint density at radius 1 is 1.45 bits per heavy atom. The summed E-state index contributed by atoms with van der Waals surface area (Å²) < 4.78 is 0. The molecule has 1 unspecified atom stereocenters. The number of nitrogens with one attached hydrogen (secondary N) is 1. The van der Waals surface area contributed by atoms with E-state index in [1.165, 1.54) is 0 Å². The van der Waals surface area contributed by atoms with Crippen LogP contribution in [0.15, 0.2) is 0 Å². The van der Waals surface area contributed by atoms with Gasteiger partial charge in [0.15, 0.2) is 0 Å². The van der Waals surface area contributed by atoms with Gasteiger partial charge in [0, 0.05) is 0 Å². The first kappa shape index (κ1) is 8.93. The first-order chi connectivity index (χ1) is 5.24. The summed E-state index contributed by atoms with van der Waals surface area (Å²) in [6, 6.07) is 0. The van der Waals surface area contributed by atoms with Crippen LogP contribution in [-0.2, 0) is 0 Å². The Morgan fingerprint density at radius 2 is 2.00 bits per heavy atom. The normalized spacial score (nSPS) is 25.4. The molecule has 1 atom stereocenters. The Kier molecular flexibility index (Phi) is 3.26. The van der Waals surface area contributed by atoms with E-state index < -0.39 is 0 Å². The van der Waals surface area contributed by atoms with Crippen LogP contribution < -0.4 is 17.0 Å². The van der Waals surface area contributed by atoms with Crippen molar-refractivity contribution in [2.75, 3.05) is 20.1 Å². The van der Waals surface area contributed by atoms with E-state index in [4.69, 9.17) is 11.6 Å². The van der Waals surface area contributed by atoms with Gasteiger partial charge >= 0.3 is 0 Å². The molecule has 1 rings (SSSR count). The third-order valence-corrected chi connectivity index (χ3v) is 2.46. The maximum Gasteiger partial charge on any atom is 0.0706 e. The number of piperidine rings is 1. The second-order valence-electron chi connectivity index (χ2n) is 3.33. The highest BCUT2D eigenvalue weighted by Gasteiger charge is 2.21. The zero-order valence-electron chi connectivity index (χ0n) is 7.09. The van der Waals surface area contributed by atoms with Crippen molar-refractivity contribution in [1.29, 1.82) is 0 Å². The number of hydrogen-bond donors (Lipinski definition) is 3. The molecular formula is C7H18N4. The van der Waals surface area contributed by atoms with Crippen LogP contribution in [0.4, 0.5) is 0 Å². The molecule has 0 bridgehead atoms. The topological polar surface area (TPSA) is 67.3 Å². The molecule has 11 heavy (non-hydrogen) atoms. The van der Waals surface area contributed by atoms with Crippen molar-refractivity contribution in [3.8, 4) is 0 Å². The first-order valence-electron chi connectivity index (χ1n) is 4.14. The van der Waals surface area contributed by atoms with E-state index in [0.29, 0.717) is 5.92 Å². The SMILES string of the molecule is CN1CCC(C(N)NN)CC1. The van der Waals surface area contributed by atoms with E-state index in [1.807, 2.05) is 0 Å². The van der Waals surface area contributed by atoms with Crippen molar-refractivity contribution < 1.29 is 0 Å². The van der Waals surface area contributed by atoms with Gasteiger partial charge in [-0.15, -0.1) is 0 Å². The molecule has 4 heteroatoms. The lowest BCUT2D eigenvalue weighted by molar-refractivity contribution is 0.186. The summed E-state index contributed by atoms with van der Waals surface area (Å²) in [5, 5.41) is 0. The average Bonchev–Trinajstić information content (AvgIpc) is 2.05. The van der Waals surface area contributed by atoms with Crippen molar-refractivity contribution in [3.05, 3.63) is 0 Å². The predicted molar refractivity (Wildman–Crippen MR) is 45.5 cm³/mol. The Bertz CT molecular complexity index is 109. The van der Waals surface area contributed by atoms with Gasteiger partial charge in [0.25, 0.3) is 0 Å². The monoisotopic (exact) mass is 158 g/mol. The molecule has 0 aromatic heterocycles. The van der Waals surface area contributed by atoms with Crippen molar-refractivity contribution in [2.24, 2.45) is 17.5 Å². The van der Waals surface area contributed by atoms with Gasteiger partial charge in [0.1, 0.15) is 0 Å². The van der Waals surface area contributed by atoms with E-state index in [2.05, 4.69) is 17.4 Å². The summed E-state index contributed by atoms with van der Waals surface area (Å²) in [5.41, 5.74) is 8.35. The van der Waals surface area contributed by atoms with Gasteiger partial charge in [-0.25, -0.2) is 5.43 Å². The Balaban J connectivity index is 2.27. The minimum Gasteiger partial charge on any atom is -0.315 e. The molecule has 0 aromatic carbocycles. The van der Waals surface area contributed by atoms with E-state index in [1.54, 1.807) is 0 Å². The standard InChI is InChI=1S/C7H18N4/c1-11-4-2-6(3-5-11)7(8)10-9/h6-7,10H,2-5,8-9H2,1H3. The van der Waals surface area contributed by atoms with Crippen LogP contribution in [0.25, 0.3) is 0 Å². The van der Waals surface area contributed by atoms with Gasteiger partial charge in [-0.05, 0) is 38.9 Å². The third-order valence-electron chi connectivity index (χ3n) is 2.46. The van der Waals surface area contributed by atoms with Crippen LogP contribution in [0.3, 0.4) is 0 Å². The number of hydrazine groups is 1. The molecule has 0 aliphatic carbocycles. The van der Waals surface area contributed by atoms with E-state index in [-0.39, 0.29) is 6.17 Å². The van der Waals surface area contributed by atoms with Crippen molar-refractivity contribution >= 4 is 0 Å². The lowest BCUT2D eigenvalue weighted by atomic mass is 9.95. The van der Waals surface area contributed by atoms with E-state index in [0.717, 1.165) is 25.9 Å². The number of nitrogens with two attached hydrogens (primary N) is 2. The molecule has 66 valence electrons. The summed E-state index contributed by atoms with van der Waals surface area (Å²) in [5.74, 6) is 5.80. The Labute approximate surface area is 67.9 Å². The van der Waals surface area contributed by atoms with Gasteiger partial charge in [-0.2, -0.15) is 0 Å². The fourth-order valence-corrected chi connectivity index (χ4v) is 1.52. The second-order valence-corrected chi connectivity index (χ2v) is 3.33. The lowest BCUT2D eigenvalue weighted by Gasteiger charge is -2.31. The van der Waals surface area contributed by atoms with Gasteiger partial charge in [0.05, 0.1) is 6.17 Å². The van der Waals surface area contributed by atoms with Crippen molar-refractivity contribution in [3.63, 3.8) is 0 Å². The van der Waals surface area contributed by atoms with Crippen molar-refractivity contribution in [1.82, 2.24) is 10.3 Å². The second kappa shape index (κ2) is 4.01. The summed E-state index contributed by atoms with van der Waals surface area (Å²) in [6.45, 7) is 2.28. The molecule has 0 radical (unpaired) electrons. The van der Waals surface area contributed by atoms with Gasteiger partial charge < -0.3 is 10.6 Å². The van der Waals surface area contributed by atoms with E-state index in [9.17, 15) is 0 Å². The fourth-order valence-electron chi connectivity index (χ4n) is 1.52.